The van der Waals surface area contributed by atoms with E-state index in [9.17, 15) is 5.11 Å². The van der Waals surface area contributed by atoms with Crippen LogP contribution < -0.4 is 19.7 Å². The van der Waals surface area contributed by atoms with Crippen molar-refractivity contribution in [3.05, 3.63) is 71.2 Å². The van der Waals surface area contributed by atoms with E-state index in [0.29, 0.717) is 37.9 Å². The first-order valence-electron chi connectivity index (χ1n) is 13.6. The van der Waals surface area contributed by atoms with E-state index in [1.165, 1.54) is 0 Å². The van der Waals surface area contributed by atoms with Crippen LogP contribution >= 0.6 is 0 Å². The van der Waals surface area contributed by atoms with Gasteiger partial charge in [-0.25, -0.2) is 4.98 Å². The van der Waals surface area contributed by atoms with E-state index in [-0.39, 0.29) is 12.0 Å². The van der Waals surface area contributed by atoms with Crippen LogP contribution in [0.4, 0.5) is 5.69 Å². The molecule has 1 fully saturated rings. The Labute approximate surface area is 230 Å². The summed E-state index contributed by atoms with van der Waals surface area (Å²) in [4.78, 5) is 11.1. The number of aliphatic hydroxyl groups excluding tert-OH is 1. The maximum Gasteiger partial charge on any atom is 0.241 e. The molecular formula is C30H38N4O5. The summed E-state index contributed by atoms with van der Waals surface area (Å²) in [5.74, 6) is 1.92. The van der Waals surface area contributed by atoms with Gasteiger partial charge in [0, 0.05) is 45.5 Å². The van der Waals surface area contributed by atoms with Gasteiger partial charge in [-0.3, -0.25) is 4.98 Å². The summed E-state index contributed by atoms with van der Waals surface area (Å²) in [5.41, 5.74) is 4.72. The smallest absolute Gasteiger partial charge is 0.241 e. The molecule has 1 aromatic heterocycles. The number of piperidine rings is 1. The summed E-state index contributed by atoms with van der Waals surface area (Å²) in [6.07, 6.45) is 1.94. The second-order valence-electron chi connectivity index (χ2n) is 10.2. The summed E-state index contributed by atoms with van der Waals surface area (Å²) in [6.45, 7) is 8.59. The van der Waals surface area contributed by atoms with Crippen LogP contribution in [-0.4, -0.2) is 73.8 Å². The van der Waals surface area contributed by atoms with E-state index in [2.05, 4.69) is 32.3 Å². The van der Waals surface area contributed by atoms with E-state index >= 15 is 0 Å². The molecule has 0 spiro atoms. The van der Waals surface area contributed by atoms with E-state index in [0.717, 1.165) is 60.1 Å². The van der Waals surface area contributed by atoms with Crippen LogP contribution in [0.25, 0.3) is 0 Å². The molecule has 2 aliphatic rings. The molecule has 0 bridgehead atoms. The number of anilines is 1. The Morgan fingerprint density at radius 2 is 1.97 bits per heavy atom. The lowest BCUT2D eigenvalue weighted by Crippen LogP contribution is -2.49. The van der Waals surface area contributed by atoms with Crippen molar-refractivity contribution in [2.45, 2.75) is 45.0 Å². The van der Waals surface area contributed by atoms with Gasteiger partial charge in [-0.15, -0.1) is 0 Å². The number of methoxy groups -OCH3 is 1. The molecule has 2 aromatic carbocycles. The Morgan fingerprint density at radius 1 is 1.13 bits per heavy atom. The molecule has 2 N–H and O–H groups in total. The molecule has 9 nitrogen and oxygen atoms in total. The van der Waals surface area contributed by atoms with Crippen LogP contribution in [0.1, 0.15) is 34.9 Å². The standard InChI is InChI=1S/C30H38N4O5/c1-20-16-32-21(2)30(33-20)39-24-8-6-23(7-9-24)29-26(35)17-31-18-28(29)38-19-22-5-10-27-25(15-22)34(12-14-37-27)11-4-13-36-3/h5-10,15-16,26,28-29,31,35H,4,11-14,17-19H2,1-3H3. The number of aliphatic hydroxyl groups is 1. The van der Waals surface area contributed by atoms with Crippen molar-refractivity contribution >= 4 is 5.69 Å². The maximum absolute atomic E-state index is 10.9. The van der Waals surface area contributed by atoms with Crippen molar-refractivity contribution in [3.8, 4) is 17.4 Å². The molecule has 0 amide bonds. The van der Waals surface area contributed by atoms with Crippen LogP contribution in [-0.2, 0) is 16.1 Å². The van der Waals surface area contributed by atoms with E-state index in [4.69, 9.17) is 18.9 Å². The molecule has 2 aliphatic heterocycles. The summed E-state index contributed by atoms with van der Waals surface area (Å²) in [5, 5.41) is 14.2. The van der Waals surface area contributed by atoms with Gasteiger partial charge in [0.15, 0.2) is 0 Å². The number of hydrogen-bond donors (Lipinski definition) is 2. The molecule has 3 unspecified atom stereocenters. The summed E-state index contributed by atoms with van der Waals surface area (Å²) >= 11 is 0. The molecule has 1 saturated heterocycles. The number of hydrogen-bond acceptors (Lipinski definition) is 9. The van der Waals surface area contributed by atoms with E-state index in [1.807, 2.05) is 44.2 Å². The number of β-amino-alcohol motifs (C(OH)–C–C–N with tert-alkyl or cyclic N) is 1. The predicted octanol–water partition coefficient (Wildman–Crippen LogP) is 3.75. The number of nitrogens with one attached hydrogen (secondary N) is 1. The predicted molar refractivity (Wildman–Crippen MR) is 149 cm³/mol. The third kappa shape index (κ3) is 6.67. The zero-order valence-electron chi connectivity index (χ0n) is 22.9. The number of benzene rings is 2. The number of ether oxygens (including phenoxy) is 4. The van der Waals surface area contributed by atoms with Gasteiger partial charge in [-0.1, -0.05) is 18.2 Å². The molecule has 3 heterocycles. The van der Waals surface area contributed by atoms with Crippen molar-refractivity contribution in [2.75, 3.05) is 51.4 Å². The topological polar surface area (TPSA) is 98.2 Å². The lowest BCUT2D eigenvalue weighted by Gasteiger charge is -2.36. The van der Waals surface area contributed by atoms with E-state index < -0.39 is 6.10 Å². The second kappa shape index (κ2) is 12.7. The molecule has 0 aliphatic carbocycles. The van der Waals surface area contributed by atoms with Gasteiger partial charge in [-0.2, -0.15) is 0 Å². The molecular weight excluding hydrogens is 496 g/mol. The normalized spacial score (nSPS) is 20.8. The SMILES string of the molecule is COCCCN1CCOc2ccc(COC3CNCC(O)C3c3ccc(Oc4nc(C)cnc4C)cc3)cc21. The molecule has 5 rings (SSSR count). The molecule has 3 atom stereocenters. The average Bonchev–Trinajstić information content (AvgIpc) is 2.95. The van der Waals surface area contributed by atoms with Gasteiger partial charge in [0.2, 0.25) is 5.88 Å². The minimum atomic E-state index is -0.561. The highest BCUT2D eigenvalue weighted by Gasteiger charge is 2.34. The molecule has 0 radical (unpaired) electrons. The van der Waals surface area contributed by atoms with Gasteiger partial charge in [-0.05, 0) is 55.7 Å². The fourth-order valence-corrected chi connectivity index (χ4v) is 5.20. The third-order valence-electron chi connectivity index (χ3n) is 7.25. The van der Waals surface area contributed by atoms with Crippen LogP contribution in [0.2, 0.25) is 0 Å². The molecule has 9 heteroatoms. The van der Waals surface area contributed by atoms with Crippen LogP contribution in [0, 0.1) is 13.8 Å². The number of aryl methyl sites for hydroxylation is 2. The van der Waals surface area contributed by atoms with Gasteiger partial charge in [0.05, 0.1) is 42.4 Å². The summed E-state index contributed by atoms with van der Waals surface area (Å²) in [6, 6.07) is 14.1. The Hall–Kier alpha value is -3.24. The van der Waals surface area contributed by atoms with Crippen molar-refractivity contribution < 1.29 is 24.1 Å². The van der Waals surface area contributed by atoms with Crippen molar-refractivity contribution in [3.63, 3.8) is 0 Å². The Morgan fingerprint density at radius 3 is 2.79 bits per heavy atom. The first-order valence-corrected chi connectivity index (χ1v) is 13.6. The minimum absolute atomic E-state index is 0.160. The molecule has 208 valence electrons. The van der Waals surface area contributed by atoms with E-state index in [1.54, 1.807) is 13.3 Å². The van der Waals surface area contributed by atoms with Gasteiger partial charge in [0.25, 0.3) is 0 Å². The zero-order chi connectivity index (χ0) is 27.2. The summed E-state index contributed by atoms with van der Waals surface area (Å²) in [7, 11) is 1.73. The first-order chi connectivity index (χ1) is 19.0. The van der Waals surface area contributed by atoms with Crippen molar-refractivity contribution in [1.82, 2.24) is 15.3 Å². The van der Waals surface area contributed by atoms with Gasteiger partial charge in [0.1, 0.15) is 18.1 Å². The number of fused-ring (bicyclic) bond motifs is 1. The highest BCUT2D eigenvalue weighted by Crippen LogP contribution is 2.34. The molecule has 39 heavy (non-hydrogen) atoms. The number of nitrogens with zero attached hydrogens (tertiary/aromatic N) is 3. The van der Waals surface area contributed by atoms with Crippen molar-refractivity contribution in [1.29, 1.82) is 0 Å². The highest BCUT2D eigenvalue weighted by atomic mass is 16.5. The van der Waals surface area contributed by atoms with Crippen LogP contribution in [0.15, 0.2) is 48.7 Å². The third-order valence-corrected chi connectivity index (χ3v) is 7.25. The Bertz CT molecular complexity index is 1240. The van der Waals surface area contributed by atoms with Gasteiger partial charge < -0.3 is 34.3 Å². The van der Waals surface area contributed by atoms with Crippen LogP contribution in [0.3, 0.4) is 0 Å². The van der Waals surface area contributed by atoms with Crippen molar-refractivity contribution in [2.24, 2.45) is 0 Å². The lowest BCUT2D eigenvalue weighted by atomic mass is 9.85. The minimum Gasteiger partial charge on any atom is -0.490 e. The molecule has 0 saturated carbocycles. The first kappa shape index (κ1) is 27.3. The fraction of sp³-hybridized carbons (Fsp3) is 0.467. The zero-order valence-corrected chi connectivity index (χ0v) is 22.9. The monoisotopic (exact) mass is 534 g/mol. The summed E-state index contributed by atoms with van der Waals surface area (Å²) < 4.78 is 23.5. The maximum atomic E-state index is 10.9. The lowest BCUT2D eigenvalue weighted by molar-refractivity contribution is -0.0328. The average molecular weight is 535 g/mol. The number of aromatic nitrogens is 2. The highest BCUT2D eigenvalue weighted by molar-refractivity contribution is 5.61. The quantitative estimate of drug-likeness (QED) is 0.377. The molecule has 3 aromatic rings. The fourth-order valence-electron chi connectivity index (χ4n) is 5.20. The Kier molecular flexibility index (Phi) is 8.93. The number of rotatable bonds is 10. The van der Waals surface area contributed by atoms with Gasteiger partial charge >= 0.3 is 0 Å². The van der Waals surface area contributed by atoms with Crippen LogP contribution in [0.5, 0.6) is 17.4 Å². The second-order valence-corrected chi connectivity index (χ2v) is 10.2. The largest absolute Gasteiger partial charge is 0.490 e. The Balaban J connectivity index is 1.26.